The van der Waals surface area contributed by atoms with Gasteiger partial charge in [0.05, 0.1) is 12.7 Å². The number of nitrogen functional groups attached to an aromatic ring is 1. The monoisotopic (exact) mass is 404 g/mol. The van der Waals surface area contributed by atoms with Gasteiger partial charge in [0.2, 0.25) is 5.88 Å². The van der Waals surface area contributed by atoms with E-state index in [1.54, 1.807) is 7.11 Å². The summed E-state index contributed by atoms with van der Waals surface area (Å²) < 4.78 is 13.1. The molecule has 6 nitrogen and oxygen atoms in total. The van der Waals surface area contributed by atoms with Gasteiger partial charge in [-0.05, 0) is 23.8 Å². The summed E-state index contributed by atoms with van der Waals surface area (Å²) in [5, 5.41) is 11.1. The lowest BCUT2D eigenvalue weighted by Gasteiger charge is -2.29. The van der Waals surface area contributed by atoms with Gasteiger partial charge in [-0.3, -0.25) is 5.41 Å². The molecular formula is C22H17ClN4O2. The maximum Gasteiger partial charge on any atom is 0.228 e. The van der Waals surface area contributed by atoms with Gasteiger partial charge in [-0.2, -0.15) is 0 Å². The van der Waals surface area contributed by atoms with Crippen LogP contribution >= 0.6 is 11.6 Å². The summed E-state index contributed by atoms with van der Waals surface area (Å²) in [4.78, 5) is 4.36. The van der Waals surface area contributed by atoms with Crippen LogP contribution in [0.25, 0.3) is 10.8 Å². The fraction of sp³-hybridized carbons (Fsp3) is 0.0909. The van der Waals surface area contributed by atoms with E-state index < -0.39 is 0 Å². The molecule has 144 valence electrons. The molecule has 1 aliphatic rings. The predicted molar refractivity (Wildman–Crippen MR) is 111 cm³/mol. The third-order valence-corrected chi connectivity index (χ3v) is 5.50. The molecule has 0 spiro atoms. The number of hydrogen-bond donors (Lipinski definition) is 2. The molecular weight excluding hydrogens is 388 g/mol. The number of benzene rings is 3. The zero-order chi connectivity index (χ0) is 20.1. The third kappa shape index (κ3) is 2.64. The number of halogens is 1. The van der Waals surface area contributed by atoms with E-state index in [1.807, 2.05) is 54.6 Å². The highest BCUT2D eigenvalue weighted by molar-refractivity contribution is 6.30. The first-order valence-corrected chi connectivity index (χ1v) is 9.40. The van der Waals surface area contributed by atoms with Gasteiger partial charge in [0.15, 0.2) is 5.49 Å². The van der Waals surface area contributed by atoms with E-state index in [-0.39, 0.29) is 11.4 Å². The number of hydrogen-bond acceptors (Lipinski definition) is 5. The molecule has 0 bridgehead atoms. The molecule has 1 atom stereocenters. The molecule has 3 aromatic carbocycles. The van der Waals surface area contributed by atoms with Crippen molar-refractivity contribution in [2.75, 3.05) is 13.0 Å². The molecule has 1 unspecified atom stereocenters. The van der Waals surface area contributed by atoms with Crippen molar-refractivity contribution in [3.8, 4) is 17.4 Å². The molecule has 3 N–H and O–H groups in total. The van der Waals surface area contributed by atoms with Crippen LogP contribution in [0.2, 0.25) is 5.02 Å². The lowest BCUT2D eigenvalue weighted by Crippen LogP contribution is -2.33. The zero-order valence-electron chi connectivity index (χ0n) is 15.5. The van der Waals surface area contributed by atoms with Crippen molar-refractivity contribution in [1.29, 1.82) is 5.41 Å². The van der Waals surface area contributed by atoms with Crippen molar-refractivity contribution >= 4 is 22.4 Å². The Balaban J connectivity index is 1.89. The standard InChI is InChI=1S/C22H17ClN4O2/c1-28-17-10-16-18(12-6-8-13(23)9-7-12)19-21(24)27(25)11-26-22(19)29-20(16)15-5-3-2-4-14(15)17/h2-11,18,24H,25H2,1H3. The number of fused-ring (bicyclic) bond motifs is 4. The van der Waals surface area contributed by atoms with Crippen LogP contribution in [-0.4, -0.2) is 16.8 Å². The summed E-state index contributed by atoms with van der Waals surface area (Å²) in [6, 6.07) is 17.4. The molecule has 4 aromatic rings. The van der Waals surface area contributed by atoms with Crippen molar-refractivity contribution in [1.82, 2.24) is 9.66 Å². The van der Waals surface area contributed by atoms with Gasteiger partial charge in [-0.25, -0.2) is 9.66 Å². The van der Waals surface area contributed by atoms with Gasteiger partial charge >= 0.3 is 0 Å². The van der Waals surface area contributed by atoms with Crippen molar-refractivity contribution in [2.45, 2.75) is 5.92 Å². The predicted octanol–water partition coefficient (Wildman–Crippen LogP) is 4.18. The molecule has 0 aliphatic carbocycles. The Hall–Kier alpha value is -3.51. The van der Waals surface area contributed by atoms with Crippen LogP contribution < -0.4 is 20.8 Å². The fourth-order valence-electron chi connectivity index (χ4n) is 3.91. The Kier molecular flexibility index (Phi) is 3.96. The molecule has 2 heterocycles. The Morgan fingerprint density at radius 3 is 2.59 bits per heavy atom. The van der Waals surface area contributed by atoms with Crippen LogP contribution in [0, 0.1) is 5.41 Å². The highest BCUT2D eigenvalue weighted by Gasteiger charge is 2.34. The zero-order valence-corrected chi connectivity index (χ0v) is 16.3. The first-order chi connectivity index (χ1) is 14.1. The number of methoxy groups -OCH3 is 1. The van der Waals surface area contributed by atoms with E-state index in [0.29, 0.717) is 22.2 Å². The topological polar surface area (TPSA) is 86.2 Å². The summed E-state index contributed by atoms with van der Waals surface area (Å²) in [6.45, 7) is 0. The minimum Gasteiger partial charge on any atom is -0.496 e. The van der Waals surface area contributed by atoms with Crippen LogP contribution in [0.4, 0.5) is 0 Å². The minimum absolute atomic E-state index is 0.132. The summed E-state index contributed by atoms with van der Waals surface area (Å²) in [7, 11) is 1.65. The quantitative estimate of drug-likeness (QED) is 0.432. The fourth-order valence-corrected chi connectivity index (χ4v) is 4.04. The maximum atomic E-state index is 8.56. The second-order valence-electron chi connectivity index (χ2n) is 6.85. The molecule has 0 saturated carbocycles. The average Bonchev–Trinajstić information content (AvgIpc) is 2.75. The smallest absolute Gasteiger partial charge is 0.228 e. The van der Waals surface area contributed by atoms with Crippen molar-refractivity contribution < 1.29 is 9.47 Å². The molecule has 1 aliphatic heterocycles. The Morgan fingerprint density at radius 1 is 1.14 bits per heavy atom. The van der Waals surface area contributed by atoms with Crippen LogP contribution in [-0.2, 0) is 0 Å². The molecule has 0 fully saturated rings. The largest absolute Gasteiger partial charge is 0.496 e. The average molecular weight is 405 g/mol. The number of ether oxygens (including phenoxy) is 2. The van der Waals surface area contributed by atoms with E-state index in [0.717, 1.165) is 27.6 Å². The first-order valence-electron chi connectivity index (χ1n) is 9.02. The summed E-state index contributed by atoms with van der Waals surface area (Å²) in [6.07, 6.45) is 1.39. The minimum atomic E-state index is -0.305. The van der Waals surface area contributed by atoms with E-state index in [4.69, 9.17) is 32.3 Å². The first kappa shape index (κ1) is 17.6. The molecule has 0 radical (unpaired) electrons. The number of nitrogens with two attached hydrogens (primary N) is 1. The summed E-state index contributed by atoms with van der Waals surface area (Å²) in [5.74, 6) is 7.45. The Labute approximate surface area is 171 Å². The highest BCUT2D eigenvalue weighted by Crippen LogP contribution is 2.50. The van der Waals surface area contributed by atoms with E-state index in [9.17, 15) is 0 Å². The van der Waals surface area contributed by atoms with E-state index >= 15 is 0 Å². The number of nitrogens with zero attached hydrogens (tertiary/aromatic N) is 2. The normalized spacial score (nSPS) is 14.8. The number of rotatable bonds is 2. The lowest BCUT2D eigenvalue weighted by atomic mass is 9.82. The second kappa shape index (κ2) is 6.53. The van der Waals surface area contributed by atoms with Gasteiger partial charge in [0, 0.05) is 27.3 Å². The molecule has 7 heteroatoms. The van der Waals surface area contributed by atoms with Crippen LogP contribution in [0.3, 0.4) is 0 Å². The van der Waals surface area contributed by atoms with Crippen LogP contribution in [0.15, 0.2) is 60.9 Å². The highest BCUT2D eigenvalue weighted by atomic mass is 35.5. The summed E-state index contributed by atoms with van der Waals surface area (Å²) >= 11 is 6.12. The van der Waals surface area contributed by atoms with Gasteiger partial charge < -0.3 is 15.3 Å². The number of aromatic nitrogens is 2. The molecule has 0 saturated heterocycles. The molecule has 0 amide bonds. The van der Waals surface area contributed by atoms with Gasteiger partial charge in [0.25, 0.3) is 0 Å². The Bertz CT molecular complexity index is 1320. The van der Waals surface area contributed by atoms with Gasteiger partial charge in [-0.1, -0.05) is 48.0 Å². The van der Waals surface area contributed by atoms with E-state index in [1.165, 1.54) is 11.0 Å². The van der Waals surface area contributed by atoms with Gasteiger partial charge in [-0.15, -0.1) is 0 Å². The number of nitrogens with one attached hydrogen (secondary N) is 1. The van der Waals surface area contributed by atoms with E-state index in [2.05, 4.69) is 4.98 Å². The van der Waals surface area contributed by atoms with Crippen molar-refractivity contribution in [3.63, 3.8) is 0 Å². The summed E-state index contributed by atoms with van der Waals surface area (Å²) in [5.41, 5.74) is 2.57. The molecule has 29 heavy (non-hydrogen) atoms. The van der Waals surface area contributed by atoms with Crippen LogP contribution in [0.1, 0.15) is 22.6 Å². The molecule has 1 aromatic heterocycles. The molecule has 5 rings (SSSR count). The van der Waals surface area contributed by atoms with Crippen molar-refractivity contribution in [2.24, 2.45) is 0 Å². The van der Waals surface area contributed by atoms with Gasteiger partial charge in [0.1, 0.15) is 17.8 Å². The second-order valence-corrected chi connectivity index (χ2v) is 7.29. The third-order valence-electron chi connectivity index (χ3n) is 5.25. The van der Waals surface area contributed by atoms with Crippen LogP contribution in [0.5, 0.6) is 17.4 Å². The SMILES string of the molecule is COc1cc2c(c3ccccc13)Oc1ncn(N)c(=N)c1C2c1ccc(Cl)cc1. The Morgan fingerprint density at radius 2 is 1.86 bits per heavy atom. The maximum absolute atomic E-state index is 8.56. The van der Waals surface area contributed by atoms with Crippen molar-refractivity contribution in [3.05, 3.63) is 88.1 Å². The lowest BCUT2D eigenvalue weighted by molar-refractivity contribution is 0.411.